The van der Waals surface area contributed by atoms with Crippen LogP contribution in [0.1, 0.15) is 353 Å². The summed E-state index contributed by atoms with van der Waals surface area (Å²) in [6.07, 6.45) is 52.7. The average Bonchev–Trinajstić information content (AvgIpc) is 0.834. The lowest BCUT2D eigenvalue weighted by molar-refractivity contribution is -0.465. The molecule has 1 spiro atoms. The second-order valence-electron chi connectivity index (χ2n) is 31.7. The van der Waals surface area contributed by atoms with E-state index in [4.69, 9.17) is 58.8 Å². The molecule has 0 aromatic carbocycles. The number of hydrogen-bond donors (Lipinski definition) is 2. The highest BCUT2D eigenvalue weighted by molar-refractivity contribution is 4.87. The molecule has 12 heteroatoms. The summed E-state index contributed by atoms with van der Waals surface area (Å²) < 4.78 is 62.3. The zero-order valence-electron chi connectivity index (χ0n) is 64.1. The van der Waals surface area contributed by atoms with Crippen molar-refractivity contribution in [2.75, 3.05) is 92.4 Å². The van der Waals surface area contributed by atoms with Crippen molar-refractivity contribution < 1.29 is 47.4 Å². The van der Waals surface area contributed by atoms with Gasteiger partial charge < -0.3 is 58.8 Å². The van der Waals surface area contributed by atoms with Gasteiger partial charge in [-0.1, -0.05) is 301 Å². The average molecular weight is 1320 g/mol. The third-order valence-corrected chi connectivity index (χ3v) is 20.9. The number of nitrogens with two attached hydrogens (primary N) is 2. The van der Waals surface area contributed by atoms with Crippen LogP contribution >= 0.6 is 0 Å². The fourth-order valence-corrected chi connectivity index (χ4v) is 13.6. The van der Waals surface area contributed by atoms with Crippen molar-refractivity contribution >= 4 is 0 Å². The highest BCUT2D eigenvalue weighted by Crippen LogP contribution is 2.40. The normalized spacial score (nSPS) is 21.4. The molecule has 12 nitrogen and oxygen atoms in total. The first-order chi connectivity index (χ1) is 45.0. The smallest absolute Gasteiger partial charge is 0.282 e. The largest absolute Gasteiger partial charge is 0.379 e. The molecule has 2 saturated heterocycles. The van der Waals surface area contributed by atoms with E-state index >= 15 is 0 Å². The lowest BCUT2D eigenvalue weighted by atomic mass is 9.90. The number of rotatable bonds is 68. The van der Waals surface area contributed by atoms with Gasteiger partial charge in [-0.25, -0.2) is 0 Å². The molecule has 0 radical (unpaired) electrons. The Kier molecular flexibility index (Phi) is 55.4. The van der Waals surface area contributed by atoms with Crippen molar-refractivity contribution in [3.63, 3.8) is 0 Å². The van der Waals surface area contributed by atoms with Gasteiger partial charge in [0.05, 0.1) is 70.5 Å². The van der Waals surface area contributed by atoms with Crippen molar-refractivity contribution in [1.82, 2.24) is 0 Å². The zero-order chi connectivity index (χ0) is 67.9. The summed E-state index contributed by atoms with van der Waals surface area (Å²) in [5, 5.41) is 0. The van der Waals surface area contributed by atoms with E-state index < -0.39 is 11.9 Å². The van der Waals surface area contributed by atoms with E-state index in [1.807, 2.05) is 0 Å². The van der Waals surface area contributed by atoms with Crippen molar-refractivity contribution in [3.05, 3.63) is 0 Å². The zero-order valence-corrected chi connectivity index (χ0v) is 64.1. The Morgan fingerprint density at radius 1 is 0.290 bits per heavy atom. The maximum absolute atomic E-state index is 6.36. The SMILES string of the molecule is CCC1(OCCCCCCCCCCCCOC[C@@H](CN)OCCC(C)CCCC(C)CCCC(C)CCCC(C)C)OCC2(CO1)COC(CC)(OCCCCCCCCCCCCOC[C@@H](CN)OCCC(C)CCCC(C)CCCC(C)CCCC(C)C)OC2. The molecular formula is C81H162N2O10. The molecule has 2 rings (SSSR count). The third-order valence-electron chi connectivity index (χ3n) is 20.9. The molecule has 0 amide bonds. The van der Waals surface area contributed by atoms with E-state index in [1.165, 1.54) is 205 Å². The van der Waals surface area contributed by atoms with Crippen LogP contribution in [0.4, 0.5) is 0 Å². The van der Waals surface area contributed by atoms with Gasteiger partial charge in [0.1, 0.15) is 0 Å². The minimum absolute atomic E-state index is 0.00762. The second kappa shape index (κ2) is 58.2. The Morgan fingerprint density at radius 3 is 0.774 bits per heavy atom. The fourth-order valence-electron chi connectivity index (χ4n) is 13.6. The molecule has 93 heavy (non-hydrogen) atoms. The summed E-state index contributed by atoms with van der Waals surface area (Å²) in [6, 6.07) is 0. The van der Waals surface area contributed by atoms with E-state index in [2.05, 4.69) is 83.1 Å². The summed E-state index contributed by atoms with van der Waals surface area (Å²) in [4.78, 5) is 0. The van der Waals surface area contributed by atoms with Gasteiger partial charge in [0.25, 0.3) is 11.9 Å². The maximum Gasteiger partial charge on any atom is 0.282 e. The van der Waals surface area contributed by atoms with E-state index in [0.29, 0.717) is 90.6 Å². The Hall–Kier alpha value is -0.480. The summed E-state index contributed by atoms with van der Waals surface area (Å²) in [7, 11) is 0. The van der Waals surface area contributed by atoms with Crippen molar-refractivity contribution in [1.29, 1.82) is 0 Å². The van der Waals surface area contributed by atoms with Crippen LogP contribution < -0.4 is 11.5 Å². The van der Waals surface area contributed by atoms with Gasteiger partial charge >= 0.3 is 0 Å². The highest BCUT2D eigenvalue weighted by Gasteiger charge is 2.51. The molecule has 0 aliphatic carbocycles. The Labute approximate surface area is 578 Å². The van der Waals surface area contributed by atoms with Crippen LogP contribution in [-0.2, 0) is 47.4 Å². The summed E-state index contributed by atoms with van der Waals surface area (Å²) in [5.41, 5.74) is 11.7. The van der Waals surface area contributed by atoms with Crippen LogP contribution in [0.5, 0.6) is 0 Å². The summed E-state index contributed by atoms with van der Waals surface area (Å²) in [6.45, 7) is 36.7. The molecule has 2 heterocycles. The number of hydrogen-bond acceptors (Lipinski definition) is 12. The minimum atomic E-state index is -0.988. The number of ether oxygens (including phenoxy) is 10. The first kappa shape index (κ1) is 88.6. The van der Waals surface area contributed by atoms with Crippen LogP contribution in [0.2, 0.25) is 0 Å². The Bertz CT molecular complexity index is 1470. The molecule has 0 bridgehead atoms. The molecule has 6 unspecified atom stereocenters. The molecule has 0 saturated carbocycles. The van der Waals surface area contributed by atoms with Crippen LogP contribution in [0.15, 0.2) is 0 Å². The molecule has 0 aromatic rings. The molecule has 4 N–H and O–H groups in total. The van der Waals surface area contributed by atoms with E-state index in [-0.39, 0.29) is 17.6 Å². The van der Waals surface area contributed by atoms with Crippen LogP contribution in [0, 0.1) is 52.8 Å². The Balaban J connectivity index is 1.37. The van der Waals surface area contributed by atoms with Gasteiger partial charge in [-0.15, -0.1) is 0 Å². The molecule has 8 atom stereocenters. The highest BCUT2D eigenvalue weighted by atomic mass is 16.9. The van der Waals surface area contributed by atoms with Crippen molar-refractivity contribution in [3.8, 4) is 0 Å². The van der Waals surface area contributed by atoms with Crippen LogP contribution in [0.3, 0.4) is 0 Å². The standard InChI is InChI=1S/C81H162N2O10/c1-13-80(88-57-33-29-25-21-17-15-19-23-27-31-55-84-63-77(61-82)86-59-53-75(11)51-39-49-73(9)47-37-45-71(7)43-35-41-69(3)4)90-65-79(66-91-80)67-92-81(14-2,93-68-79)89-58-34-30-26-22-18-16-20-24-28-32-56-85-64-78(62-83)87-60-54-76(12)52-40-50-74(10)48-38-46-72(8)44-36-42-70(5)6/h69-78H,13-68,82-83H2,1-12H3/t71?,72?,73?,74?,75?,76?,77-,78-,79?,80?,81?/m1/s1. The van der Waals surface area contributed by atoms with Gasteiger partial charge in [0.2, 0.25) is 0 Å². The second-order valence-corrected chi connectivity index (χ2v) is 31.7. The van der Waals surface area contributed by atoms with E-state index in [0.717, 1.165) is 113 Å². The molecule has 0 aromatic heterocycles. The first-order valence-corrected chi connectivity index (χ1v) is 40.6. The van der Waals surface area contributed by atoms with Gasteiger partial charge in [0, 0.05) is 52.4 Å². The minimum Gasteiger partial charge on any atom is -0.379 e. The van der Waals surface area contributed by atoms with Gasteiger partial charge in [-0.05, 0) is 85.9 Å². The number of unbranched alkanes of at least 4 members (excludes halogenated alkanes) is 18. The lowest BCUT2D eigenvalue weighted by Gasteiger charge is -2.50. The quantitative estimate of drug-likeness (QED) is 0.0559. The molecule has 556 valence electrons. The third kappa shape index (κ3) is 48.1. The molecular weight excluding hydrogens is 1160 g/mol. The lowest BCUT2D eigenvalue weighted by Crippen LogP contribution is -2.60. The first-order valence-electron chi connectivity index (χ1n) is 40.6. The Morgan fingerprint density at radius 2 is 0.527 bits per heavy atom. The van der Waals surface area contributed by atoms with Crippen LogP contribution in [0.25, 0.3) is 0 Å². The van der Waals surface area contributed by atoms with Gasteiger partial charge in [0.15, 0.2) is 0 Å². The predicted octanol–water partition coefficient (Wildman–Crippen LogP) is 21.7. The van der Waals surface area contributed by atoms with Gasteiger partial charge in [-0.2, -0.15) is 0 Å². The van der Waals surface area contributed by atoms with Gasteiger partial charge in [-0.3, -0.25) is 0 Å². The summed E-state index contributed by atoms with van der Waals surface area (Å²) in [5.74, 6) is 4.57. The molecule has 2 aliphatic rings. The van der Waals surface area contributed by atoms with Crippen molar-refractivity contribution in [2.45, 2.75) is 377 Å². The summed E-state index contributed by atoms with van der Waals surface area (Å²) >= 11 is 0. The molecule has 2 fully saturated rings. The molecule has 2 aliphatic heterocycles. The van der Waals surface area contributed by atoms with E-state index in [9.17, 15) is 0 Å². The maximum atomic E-state index is 6.36. The fraction of sp³-hybridized carbons (Fsp3) is 1.00. The van der Waals surface area contributed by atoms with Crippen LogP contribution in [-0.4, -0.2) is 117 Å². The predicted molar refractivity (Wildman–Crippen MR) is 393 cm³/mol. The monoisotopic (exact) mass is 1320 g/mol. The van der Waals surface area contributed by atoms with E-state index in [1.54, 1.807) is 0 Å². The van der Waals surface area contributed by atoms with Crippen molar-refractivity contribution in [2.24, 2.45) is 64.2 Å². The topological polar surface area (TPSA) is 144 Å².